The molecule has 8 aromatic rings. The van der Waals surface area contributed by atoms with Gasteiger partial charge in [0.15, 0.2) is 0 Å². The van der Waals surface area contributed by atoms with Crippen LogP contribution in [0, 0.1) is 33.9 Å². The van der Waals surface area contributed by atoms with Gasteiger partial charge in [-0.3, -0.25) is 9.55 Å². The Balaban J connectivity index is 0.00000820. The van der Waals surface area contributed by atoms with Gasteiger partial charge in [-0.1, -0.05) is 158 Å². The second-order valence-corrected chi connectivity index (χ2v) is 18.3. The van der Waals surface area contributed by atoms with E-state index in [2.05, 4.69) is 77.5 Å². The Labute approximate surface area is 407 Å². The number of nitrogens with zero attached hydrogens (tertiary/aromatic N) is 3. The minimum atomic E-state index is -3.39. The van der Waals surface area contributed by atoms with Gasteiger partial charge in [0.25, 0.3) is 0 Å². The van der Waals surface area contributed by atoms with Crippen LogP contribution in [0.4, 0.5) is 0 Å². The summed E-state index contributed by atoms with van der Waals surface area (Å²) in [6.07, 6.45) is 1.64. The van der Waals surface area contributed by atoms with Gasteiger partial charge < -0.3 is 4.74 Å². The predicted octanol–water partition coefficient (Wildman–Crippen LogP) is 15.5. The summed E-state index contributed by atoms with van der Waals surface area (Å²) < 4.78 is 107. The molecule has 0 saturated heterocycles. The van der Waals surface area contributed by atoms with Crippen LogP contribution in [0.1, 0.15) is 112 Å². The monoisotopic (exact) mass is 1020 g/mol. The Morgan fingerprint density at radius 2 is 1.27 bits per heavy atom. The molecule has 0 N–H and O–H groups in total. The van der Waals surface area contributed by atoms with Crippen LogP contribution >= 0.6 is 0 Å². The molecule has 0 fully saturated rings. The summed E-state index contributed by atoms with van der Waals surface area (Å²) in [5.74, 6) is 1.09. The molecule has 0 radical (unpaired) electrons. The third kappa shape index (κ3) is 9.11. The van der Waals surface area contributed by atoms with Gasteiger partial charge in [0, 0.05) is 33.9 Å². The second-order valence-electron chi connectivity index (χ2n) is 18.3. The topological polar surface area (TPSA) is 39.9 Å². The molecular formula is C58H59N3OPt. The first-order valence-electron chi connectivity index (χ1n) is 26.7. The number of para-hydroxylation sites is 1. The maximum absolute atomic E-state index is 8.44. The molecule has 0 aliphatic heterocycles. The summed E-state index contributed by atoms with van der Waals surface area (Å²) in [4.78, 5) is 10.3. The number of hydrogen-bond acceptors (Lipinski definition) is 3. The van der Waals surface area contributed by atoms with E-state index in [0.29, 0.717) is 56.3 Å². The van der Waals surface area contributed by atoms with Crippen LogP contribution in [0.3, 0.4) is 0 Å². The summed E-state index contributed by atoms with van der Waals surface area (Å²) >= 11 is 0. The van der Waals surface area contributed by atoms with Crippen molar-refractivity contribution in [2.75, 3.05) is 0 Å². The van der Waals surface area contributed by atoms with Gasteiger partial charge in [-0.25, -0.2) is 4.98 Å². The van der Waals surface area contributed by atoms with Crippen molar-refractivity contribution in [2.45, 2.75) is 99.0 Å². The molecule has 4 nitrogen and oxygen atoms in total. The van der Waals surface area contributed by atoms with Crippen LogP contribution in [0.15, 0.2) is 128 Å². The molecule has 322 valence electrons. The Morgan fingerprint density at radius 1 is 0.619 bits per heavy atom. The van der Waals surface area contributed by atoms with Crippen LogP contribution in [0.25, 0.3) is 72.7 Å². The van der Waals surface area contributed by atoms with Crippen molar-refractivity contribution >= 4 is 11.0 Å². The van der Waals surface area contributed by atoms with Crippen molar-refractivity contribution in [3.63, 3.8) is 0 Å². The standard InChI is InChI=1S/C58H59N3O.Pt/c1-36-17-26-51(48(30-36)40-20-24-45(25-21-40)57(7,8)9)61-52-16-14-15-47(53(52)60-55(61)49-31-37(2)29-38(3)54(49)62-13)42-32-43(34-46(33-42)58(10,11)12)50-35-41(27-28-59-50)39-18-22-44(23-19-39)56(4,5)6;/h14-31,33-35H,13H2,1-12H3;/q-2;+2/i1D3,4D3,5D3,6D3;. The number of ether oxygens (including phenoxy) is 1. The molecule has 0 saturated carbocycles. The minimum Gasteiger partial charge on any atom is -0.665 e. The first kappa shape index (κ1) is 32.1. The number of benzene rings is 6. The van der Waals surface area contributed by atoms with Gasteiger partial charge in [-0.2, -0.15) is 7.11 Å². The smallest absolute Gasteiger partial charge is 0.665 e. The summed E-state index contributed by atoms with van der Waals surface area (Å²) in [7, 11) is 3.85. The molecule has 0 spiro atoms. The van der Waals surface area contributed by atoms with Crippen molar-refractivity contribution in [3.8, 4) is 67.5 Å². The predicted molar refractivity (Wildman–Crippen MR) is 261 cm³/mol. The molecule has 0 aliphatic carbocycles. The van der Waals surface area contributed by atoms with E-state index in [0.717, 1.165) is 44.5 Å². The van der Waals surface area contributed by atoms with E-state index in [1.165, 1.54) is 24.3 Å². The van der Waals surface area contributed by atoms with Crippen LogP contribution in [0.2, 0.25) is 0 Å². The summed E-state index contributed by atoms with van der Waals surface area (Å²) in [6.45, 7) is 4.23. The van der Waals surface area contributed by atoms with Gasteiger partial charge >= 0.3 is 21.1 Å². The van der Waals surface area contributed by atoms with Gasteiger partial charge in [-0.15, -0.1) is 29.3 Å². The average Bonchev–Trinajstić information content (AvgIpc) is 3.69. The fourth-order valence-corrected chi connectivity index (χ4v) is 8.12. The van der Waals surface area contributed by atoms with E-state index in [1.54, 1.807) is 24.4 Å². The van der Waals surface area contributed by atoms with Gasteiger partial charge in [-0.05, 0) is 106 Å². The van der Waals surface area contributed by atoms with Gasteiger partial charge in [0.1, 0.15) is 5.82 Å². The number of rotatable bonds is 7. The van der Waals surface area contributed by atoms with Crippen LogP contribution in [-0.2, 0) is 37.3 Å². The largest absolute Gasteiger partial charge is 2.00 e. The maximum atomic E-state index is 8.44. The first-order valence-corrected chi connectivity index (χ1v) is 20.7. The van der Waals surface area contributed by atoms with E-state index < -0.39 is 32.8 Å². The summed E-state index contributed by atoms with van der Waals surface area (Å²) in [5.41, 5.74) is 8.47. The van der Waals surface area contributed by atoms with Gasteiger partial charge in [0.2, 0.25) is 0 Å². The zero-order chi connectivity index (χ0) is 54.3. The molecule has 0 aliphatic rings. The number of fused-ring (bicyclic) bond motifs is 1. The zero-order valence-electron chi connectivity index (χ0n) is 48.9. The van der Waals surface area contributed by atoms with E-state index in [-0.39, 0.29) is 43.0 Å². The molecule has 63 heavy (non-hydrogen) atoms. The van der Waals surface area contributed by atoms with E-state index >= 15 is 0 Å². The molecular weight excluding hydrogens is 950 g/mol. The quantitative estimate of drug-likeness (QED) is 0.149. The van der Waals surface area contributed by atoms with Crippen LogP contribution < -0.4 is 4.74 Å². The Morgan fingerprint density at radius 3 is 1.92 bits per heavy atom. The number of pyridine rings is 1. The molecule has 2 heterocycles. The summed E-state index contributed by atoms with van der Waals surface area (Å²) in [5, 5.41) is 0. The van der Waals surface area contributed by atoms with Crippen LogP contribution in [-0.4, -0.2) is 14.5 Å². The Bertz CT molecular complexity index is 3370. The minimum absolute atomic E-state index is 0. The number of aromatic nitrogens is 3. The van der Waals surface area contributed by atoms with E-state index in [1.807, 2.05) is 74.5 Å². The Hall–Kier alpha value is -5.57. The average molecular weight is 1020 g/mol. The van der Waals surface area contributed by atoms with E-state index in [4.69, 9.17) is 31.2 Å². The molecule has 0 unspecified atom stereocenters. The zero-order valence-corrected chi connectivity index (χ0v) is 39.2. The van der Waals surface area contributed by atoms with Crippen molar-refractivity contribution in [3.05, 3.63) is 174 Å². The summed E-state index contributed by atoms with van der Waals surface area (Å²) in [6, 6.07) is 40.5. The third-order valence-electron chi connectivity index (χ3n) is 11.5. The van der Waals surface area contributed by atoms with Crippen molar-refractivity contribution in [1.29, 1.82) is 0 Å². The molecule has 0 amide bonds. The molecule has 8 rings (SSSR count). The number of hydrogen-bond donors (Lipinski definition) is 0. The molecule has 2 aromatic heterocycles. The fourth-order valence-electron chi connectivity index (χ4n) is 8.12. The molecule has 6 aromatic carbocycles. The van der Waals surface area contributed by atoms with Crippen molar-refractivity contribution in [1.82, 2.24) is 14.5 Å². The first-order chi connectivity index (χ1) is 34.3. The van der Waals surface area contributed by atoms with E-state index in [9.17, 15) is 0 Å². The molecule has 5 heteroatoms. The van der Waals surface area contributed by atoms with Gasteiger partial charge in [0.05, 0.1) is 28.0 Å². The molecule has 0 bridgehead atoms. The number of imidazole rings is 1. The SMILES string of the molecule is [2H]C([2H])([2H])c1ccc(-n2c(-c3cc(C)cc(C)c3O[CH2-])nc3c(-c4[c-]c(-c5cc(-c6ccc(C(C([2H])([2H])[2H])(C([2H])([2H])[2H])C([2H])([2H])[2H])cc6)ccn5)cc(C(C)(C)C)c4)cccc32)c(-c2ccc(C(C)(C)C)cc2)c1.[Pt+2]. The third-order valence-corrected chi connectivity index (χ3v) is 11.5. The van der Waals surface area contributed by atoms with Crippen LogP contribution in [0.5, 0.6) is 5.75 Å². The Kier molecular flexibility index (Phi) is 8.77. The normalized spacial score (nSPS) is 15.7. The maximum Gasteiger partial charge on any atom is 2.00 e. The van der Waals surface area contributed by atoms with Crippen molar-refractivity contribution < 1.29 is 42.3 Å². The number of aryl methyl sites for hydroxylation is 3. The van der Waals surface area contributed by atoms with Crippen molar-refractivity contribution in [2.24, 2.45) is 0 Å². The second kappa shape index (κ2) is 17.2. The fraction of sp³-hybridized carbons (Fsp3) is 0.259. The molecule has 0 atom stereocenters.